The van der Waals surface area contributed by atoms with E-state index < -0.39 is 5.97 Å². The molecule has 0 bridgehead atoms. The van der Waals surface area contributed by atoms with E-state index in [9.17, 15) is 9.90 Å². The van der Waals surface area contributed by atoms with E-state index in [0.29, 0.717) is 18.6 Å². The van der Waals surface area contributed by atoms with Crippen molar-refractivity contribution < 1.29 is 37.9 Å². The molecule has 1 heterocycles. The molecule has 0 amide bonds. The van der Waals surface area contributed by atoms with Crippen LogP contribution in [0.1, 0.15) is 29.8 Å². The van der Waals surface area contributed by atoms with Crippen LogP contribution < -0.4 is 28.7 Å². The Balaban J connectivity index is 0.00000169. The van der Waals surface area contributed by atoms with Gasteiger partial charge in [0.05, 0.1) is 24.4 Å². The van der Waals surface area contributed by atoms with Crippen molar-refractivity contribution in [3.8, 4) is 5.95 Å². The molecule has 1 rings (SSSR count). The van der Waals surface area contributed by atoms with Gasteiger partial charge in [0, 0.05) is 5.56 Å². The molecule has 0 aliphatic heterocycles. The second kappa shape index (κ2) is 5.79. The molecule has 1 aromatic rings. The van der Waals surface area contributed by atoms with E-state index in [2.05, 4.69) is 0 Å². The van der Waals surface area contributed by atoms with Gasteiger partial charge in [-0.05, 0) is 13.3 Å². The van der Waals surface area contributed by atoms with E-state index in [1.165, 1.54) is 6.26 Å². The molecule has 0 saturated heterocycles. The van der Waals surface area contributed by atoms with Crippen LogP contribution in [0.4, 0.5) is 0 Å². The van der Waals surface area contributed by atoms with Crippen molar-refractivity contribution in [2.24, 2.45) is 0 Å². The number of carbonyl (C=O) groups excluding carboxylic acids is 1. The molecular formula is C9H11LiO4. The summed E-state index contributed by atoms with van der Waals surface area (Å²) in [6.07, 6.45) is 1.97. The van der Waals surface area contributed by atoms with Gasteiger partial charge in [0.15, 0.2) is 0 Å². The first-order valence-electron chi connectivity index (χ1n) is 4.15. The summed E-state index contributed by atoms with van der Waals surface area (Å²) in [7, 11) is 0. The number of carboxylic acids is 1. The monoisotopic (exact) mass is 190 g/mol. The molecule has 0 spiro atoms. The van der Waals surface area contributed by atoms with Crippen molar-refractivity contribution in [1.29, 1.82) is 0 Å². The third-order valence-electron chi connectivity index (χ3n) is 1.69. The number of carboxylic acid groups (broad SMARTS) is 1. The van der Waals surface area contributed by atoms with Gasteiger partial charge in [0.1, 0.15) is 0 Å². The van der Waals surface area contributed by atoms with Gasteiger partial charge in [-0.25, -0.2) is 0 Å². The van der Waals surface area contributed by atoms with Crippen LogP contribution in [0.15, 0.2) is 10.7 Å². The Morgan fingerprint density at radius 1 is 1.57 bits per heavy atom. The Hall–Kier alpha value is -0.853. The molecule has 0 fully saturated rings. The quantitative estimate of drug-likeness (QED) is 0.497. The zero-order valence-corrected chi connectivity index (χ0v) is 8.62. The number of hydrogen-bond acceptors (Lipinski definition) is 4. The first-order valence-corrected chi connectivity index (χ1v) is 4.15. The molecule has 14 heavy (non-hydrogen) atoms. The van der Waals surface area contributed by atoms with Gasteiger partial charge < -0.3 is 19.1 Å². The zero-order chi connectivity index (χ0) is 9.84. The average molecular weight is 190 g/mol. The van der Waals surface area contributed by atoms with Gasteiger partial charge in [0.25, 0.3) is 5.95 Å². The van der Waals surface area contributed by atoms with Crippen LogP contribution in [0.25, 0.3) is 0 Å². The van der Waals surface area contributed by atoms with E-state index in [1.54, 1.807) is 6.92 Å². The van der Waals surface area contributed by atoms with E-state index in [4.69, 9.17) is 9.15 Å². The van der Waals surface area contributed by atoms with Crippen molar-refractivity contribution in [2.75, 3.05) is 6.61 Å². The minimum absolute atomic E-state index is 0. The van der Waals surface area contributed by atoms with E-state index in [0.717, 1.165) is 0 Å². The standard InChI is InChI=1S/C9H12O4.Li/c1-3-6-5-13-9(12-4-2)7(6)8(10)11;/h5H,3-4H2,1-2H3,(H,10,11);/q;+1/p-1. The Bertz CT molecular complexity index is 306. The first kappa shape index (κ1) is 13.1. The molecule has 0 aromatic carbocycles. The minimum Gasteiger partial charge on any atom is -0.545 e. The Morgan fingerprint density at radius 2 is 2.21 bits per heavy atom. The number of hydrogen-bond donors (Lipinski definition) is 0. The fourth-order valence-electron chi connectivity index (χ4n) is 1.09. The summed E-state index contributed by atoms with van der Waals surface area (Å²) in [5, 5.41) is 10.7. The number of rotatable bonds is 4. The van der Waals surface area contributed by atoms with Gasteiger partial charge in [-0.3, -0.25) is 0 Å². The largest absolute Gasteiger partial charge is 1.00 e. The molecule has 5 heteroatoms. The van der Waals surface area contributed by atoms with Crippen LogP contribution >= 0.6 is 0 Å². The predicted molar refractivity (Wildman–Crippen MR) is 43.6 cm³/mol. The third-order valence-corrected chi connectivity index (χ3v) is 1.69. The number of furan rings is 1. The molecule has 0 saturated carbocycles. The third kappa shape index (κ3) is 2.57. The zero-order valence-electron chi connectivity index (χ0n) is 8.62. The number of carbonyl (C=O) groups is 1. The second-order valence-electron chi connectivity index (χ2n) is 2.50. The molecule has 0 aliphatic carbocycles. The van der Waals surface area contributed by atoms with Gasteiger partial charge in [-0.1, -0.05) is 6.92 Å². The summed E-state index contributed by atoms with van der Waals surface area (Å²) in [6.45, 7) is 3.97. The summed E-state index contributed by atoms with van der Waals surface area (Å²) in [6, 6.07) is 0. The van der Waals surface area contributed by atoms with Crippen LogP contribution in [0.5, 0.6) is 5.95 Å². The molecule has 0 N–H and O–H groups in total. The first-order chi connectivity index (χ1) is 6.20. The van der Waals surface area contributed by atoms with Gasteiger partial charge >= 0.3 is 18.9 Å². The maximum atomic E-state index is 10.7. The molecule has 0 atom stereocenters. The van der Waals surface area contributed by atoms with Crippen molar-refractivity contribution >= 4 is 5.97 Å². The minimum atomic E-state index is -1.26. The summed E-state index contributed by atoms with van der Waals surface area (Å²) >= 11 is 0. The van der Waals surface area contributed by atoms with Crippen molar-refractivity contribution in [3.63, 3.8) is 0 Å². The van der Waals surface area contributed by atoms with Crippen LogP contribution in [0.3, 0.4) is 0 Å². The Labute approximate surface area is 94.4 Å². The summed E-state index contributed by atoms with van der Waals surface area (Å²) in [4.78, 5) is 10.7. The fourth-order valence-corrected chi connectivity index (χ4v) is 1.09. The van der Waals surface area contributed by atoms with Crippen molar-refractivity contribution in [2.45, 2.75) is 20.3 Å². The number of aryl methyl sites for hydroxylation is 1. The van der Waals surface area contributed by atoms with Gasteiger partial charge in [-0.2, -0.15) is 0 Å². The SMILES string of the molecule is CCOc1occ(CC)c1C(=O)[O-].[Li+]. The fraction of sp³-hybridized carbons (Fsp3) is 0.444. The van der Waals surface area contributed by atoms with Crippen LogP contribution in [0, 0.1) is 0 Å². The molecule has 4 nitrogen and oxygen atoms in total. The number of aromatic carboxylic acids is 1. The molecule has 72 valence electrons. The summed E-state index contributed by atoms with van der Waals surface area (Å²) in [5.41, 5.74) is 0.632. The van der Waals surface area contributed by atoms with Crippen LogP contribution in [-0.4, -0.2) is 12.6 Å². The molecule has 1 aromatic heterocycles. The van der Waals surface area contributed by atoms with Gasteiger partial charge in [0.2, 0.25) is 0 Å². The molecule has 0 aliphatic rings. The summed E-state index contributed by atoms with van der Waals surface area (Å²) in [5.74, 6) is -1.21. The molecule has 0 unspecified atom stereocenters. The van der Waals surface area contributed by atoms with Crippen LogP contribution in [-0.2, 0) is 6.42 Å². The van der Waals surface area contributed by atoms with Gasteiger partial charge in [-0.15, -0.1) is 0 Å². The van der Waals surface area contributed by atoms with E-state index in [-0.39, 0.29) is 30.4 Å². The van der Waals surface area contributed by atoms with Crippen molar-refractivity contribution in [1.82, 2.24) is 0 Å². The van der Waals surface area contributed by atoms with E-state index in [1.807, 2.05) is 6.92 Å². The molecule has 0 radical (unpaired) electrons. The maximum absolute atomic E-state index is 10.7. The van der Waals surface area contributed by atoms with Crippen LogP contribution in [0.2, 0.25) is 0 Å². The smallest absolute Gasteiger partial charge is 0.545 e. The summed E-state index contributed by atoms with van der Waals surface area (Å²) < 4.78 is 9.94. The Kier molecular flexibility index (Phi) is 5.44. The second-order valence-corrected chi connectivity index (χ2v) is 2.50. The molecular weight excluding hydrogens is 179 g/mol. The number of ether oxygens (including phenoxy) is 1. The van der Waals surface area contributed by atoms with Crippen molar-refractivity contribution in [3.05, 3.63) is 17.4 Å². The maximum Gasteiger partial charge on any atom is 1.00 e. The Morgan fingerprint density at radius 3 is 2.64 bits per heavy atom. The predicted octanol–water partition coefficient (Wildman–Crippen LogP) is -2.39. The van der Waals surface area contributed by atoms with E-state index >= 15 is 0 Å². The average Bonchev–Trinajstić information content (AvgIpc) is 2.48. The normalized spacial score (nSPS) is 9.29. The topological polar surface area (TPSA) is 62.5 Å².